The van der Waals surface area contributed by atoms with Crippen molar-refractivity contribution in [3.63, 3.8) is 0 Å². The van der Waals surface area contributed by atoms with Crippen molar-refractivity contribution in [2.45, 2.75) is 77.8 Å². The van der Waals surface area contributed by atoms with Gasteiger partial charge in [-0.2, -0.15) is 0 Å². The molecule has 0 aromatic carbocycles. The summed E-state index contributed by atoms with van der Waals surface area (Å²) >= 11 is 0. The van der Waals surface area contributed by atoms with Crippen LogP contribution in [0.3, 0.4) is 0 Å². The second-order valence-electron chi connectivity index (χ2n) is 8.58. The summed E-state index contributed by atoms with van der Waals surface area (Å²) in [6.07, 6.45) is 8.77. The molecule has 0 N–H and O–H groups in total. The summed E-state index contributed by atoms with van der Waals surface area (Å²) in [4.78, 5) is 5.60. The van der Waals surface area contributed by atoms with E-state index in [1.54, 1.807) is 0 Å². The molecule has 0 bridgehead atoms. The average Bonchev–Trinajstić information content (AvgIpc) is 3.29. The lowest BCUT2D eigenvalue weighted by atomic mass is 9.82. The summed E-state index contributed by atoms with van der Waals surface area (Å²) < 4.78 is 0. The first-order chi connectivity index (χ1) is 10.0. The number of piperidine rings is 2. The van der Waals surface area contributed by atoms with Gasteiger partial charge in [0.15, 0.2) is 0 Å². The van der Waals surface area contributed by atoms with E-state index in [0.717, 1.165) is 23.8 Å². The summed E-state index contributed by atoms with van der Waals surface area (Å²) in [5.74, 6) is 2.86. The third-order valence-corrected chi connectivity index (χ3v) is 6.89. The van der Waals surface area contributed by atoms with Gasteiger partial charge in [0.05, 0.1) is 0 Å². The summed E-state index contributed by atoms with van der Waals surface area (Å²) in [5.41, 5.74) is 0.644. The molecule has 2 heteroatoms. The smallest absolute Gasteiger partial charge is 0.0240 e. The molecule has 3 fully saturated rings. The second-order valence-corrected chi connectivity index (χ2v) is 8.58. The Balaban J connectivity index is 1.54. The molecule has 0 spiro atoms. The van der Waals surface area contributed by atoms with E-state index in [-0.39, 0.29) is 0 Å². The highest BCUT2D eigenvalue weighted by Crippen LogP contribution is 2.52. The SMILES string of the molecule is CC(C)C1CCN(C2(C3CCN(C(C)C)CC3)CC2)CC1. The number of rotatable bonds is 4. The lowest BCUT2D eigenvalue weighted by Crippen LogP contribution is -2.51. The van der Waals surface area contributed by atoms with E-state index in [1.165, 1.54) is 64.7 Å². The van der Waals surface area contributed by atoms with Gasteiger partial charge in [-0.1, -0.05) is 13.8 Å². The minimum Gasteiger partial charge on any atom is -0.301 e. The summed E-state index contributed by atoms with van der Waals surface area (Å²) in [6.45, 7) is 15.0. The number of nitrogens with zero attached hydrogens (tertiary/aromatic N) is 2. The van der Waals surface area contributed by atoms with Crippen LogP contribution < -0.4 is 0 Å². The van der Waals surface area contributed by atoms with Crippen molar-refractivity contribution in [2.75, 3.05) is 26.2 Å². The molecular weight excluding hydrogens is 256 g/mol. The van der Waals surface area contributed by atoms with Crippen LogP contribution in [0.5, 0.6) is 0 Å². The van der Waals surface area contributed by atoms with Gasteiger partial charge in [-0.3, -0.25) is 4.90 Å². The van der Waals surface area contributed by atoms with Crippen molar-refractivity contribution in [1.29, 1.82) is 0 Å². The molecule has 2 saturated heterocycles. The van der Waals surface area contributed by atoms with Gasteiger partial charge < -0.3 is 4.90 Å². The molecule has 0 radical (unpaired) electrons. The van der Waals surface area contributed by atoms with Gasteiger partial charge >= 0.3 is 0 Å². The first-order valence-corrected chi connectivity index (χ1v) is 9.52. The molecule has 0 unspecified atom stereocenters. The van der Waals surface area contributed by atoms with Crippen LogP contribution in [0.25, 0.3) is 0 Å². The Morgan fingerprint density at radius 2 is 1.38 bits per heavy atom. The van der Waals surface area contributed by atoms with Gasteiger partial charge in [0.1, 0.15) is 0 Å². The van der Waals surface area contributed by atoms with Crippen molar-refractivity contribution < 1.29 is 0 Å². The summed E-state index contributed by atoms with van der Waals surface area (Å²) in [6, 6.07) is 0.739. The highest BCUT2D eigenvalue weighted by Gasteiger charge is 2.54. The molecule has 3 rings (SSSR count). The first-order valence-electron chi connectivity index (χ1n) is 9.52. The van der Waals surface area contributed by atoms with Gasteiger partial charge in [0.25, 0.3) is 0 Å². The van der Waals surface area contributed by atoms with Crippen LogP contribution in [0.2, 0.25) is 0 Å². The van der Waals surface area contributed by atoms with Gasteiger partial charge in [-0.25, -0.2) is 0 Å². The van der Waals surface area contributed by atoms with Crippen LogP contribution in [0, 0.1) is 17.8 Å². The predicted molar refractivity (Wildman–Crippen MR) is 90.5 cm³/mol. The molecule has 3 aliphatic rings. The largest absolute Gasteiger partial charge is 0.301 e. The molecule has 0 aromatic heterocycles. The highest BCUT2D eigenvalue weighted by molar-refractivity contribution is 5.10. The lowest BCUT2D eigenvalue weighted by Gasteiger charge is -2.46. The monoisotopic (exact) mass is 292 g/mol. The van der Waals surface area contributed by atoms with Crippen molar-refractivity contribution in [3.05, 3.63) is 0 Å². The van der Waals surface area contributed by atoms with E-state index in [0.29, 0.717) is 5.54 Å². The second kappa shape index (κ2) is 6.20. The molecule has 1 aliphatic carbocycles. The molecule has 2 nitrogen and oxygen atoms in total. The van der Waals surface area contributed by atoms with E-state index >= 15 is 0 Å². The van der Waals surface area contributed by atoms with Gasteiger partial charge in [0.2, 0.25) is 0 Å². The van der Waals surface area contributed by atoms with Gasteiger partial charge in [-0.15, -0.1) is 0 Å². The maximum atomic E-state index is 2.92. The molecule has 21 heavy (non-hydrogen) atoms. The molecule has 1 saturated carbocycles. The van der Waals surface area contributed by atoms with Crippen molar-refractivity contribution in [2.24, 2.45) is 17.8 Å². The van der Waals surface area contributed by atoms with E-state index in [4.69, 9.17) is 0 Å². The van der Waals surface area contributed by atoms with E-state index in [9.17, 15) is 0 Å². The normalized spacial score (nSPS) is 29.4. The van der Waals surface area contributed by atoms with Gasteiger partial charge in [0, 0.05) is 11.6 Å². The maximum absolute atomic E-state index is 2.92. The number of hydrogen-bond acceptors (Lipinski definition) is 2. The summed E-state index contributed by atoms with van der Waals surface area (Å²) in [7, 11) is 0. The molecule has 0 amide bonds. The maximum Gasteiger partial charge on any atom is 0.0240 e. The Morgan fingerprint density at radius 1 is 0.810 bits per heavy atom. The zero-order chi connectivity index (χ0) is 15.0. The molecule has 122 valence electrons. The average molecular weight is 293 g/mol. The lowest BCUT2D eigenvalue weighted by molar-refractivity contribution is 0.0333. The molecule has 2 aliphatic heterocycles. The fourth-order valence-electron chi connectivity index (χ4n) is 5.08. The molecule has 0 atom stereocenters. The van der Waals surface area contributed by atoms with E-state index in [2.05, 4.69) is 37.5 Å². The summed E-state index contributed by atoms with van der Waals surface area (Å²) in [5, 5.41) is 0. The predicted octanol–water partition coefficient (Wildman–Crippen LogP) is 4.01. The van der Waals surface area contributed by atoms with Crippen LogP contribution in [-0.4, -0.2) is 47.6 Å². The Kier molecular flexibility index (Phi) is 4.66. The van der Waals surface area contributed by atoms with Crippen LogP contribution in [0.4, 0.5) is 0 Å². The molecule has 0 aromatic rings. The third-order valence-electron chi connectivity index (χ3n) is 6.89. The van der Waals surface area contributed by atoms with Crippen molar-refractivity contribution >= 4 is 0 Å². The minimum atomic E-state index is 0.644. The fraction of sp³-hybridized carbons (Fsp3) is 1.00. The Morgan fingerprint density at radius 3 is 1.81 bits per heavy atom. The van der Waals surface area contributed by atoms with Crippen molar-refractivity contribution in [1.82, 2.24) is 9.80 Å². The van der Waals surface area contributed by atoms with Crippen LogP contribution >= 0.6 is 0 Å². The van der Waals surface area contributed by atoms with Crippen LogP contribution in [0.15, 0.2) is 0 Å². The van der Waals surface area contributed by atoms with E-state index < -0.39 is 0 Å². The third kappa shape index (κ3) is 3.17. The first kappa shape index (κ1) is 15.8. The number of hydrogen-bond donors (Lipinski definition) is 0. The Hall–Kier alpha value is -0.0800. The standard InChI is InChI=1S/C19H36N2/c1-15(2)17-5-13-21(14-6-17)19(9-10-19)18-7-11-20(12-8-18)16(3)4/h15-18H,5-14H2,1-4H3. The number of likely N-dealkylation sites (tertiary alicyclic amines) is 2. The molecule has 2 heterocycles. The van der Waals surface area contributed by atoms with Crippen molar-refractivity contribution in [3.8, 4) is 0 Å². The fourth-order valence-corrected chi connectivity index (χ4v) is 5.08. The topological polar surface area (TPSA) is 6.48 Å². The Bertz CT molecular complexity index is 299. The quantitative estimate of drug-likeness (QED) is 0.772. The van der Waals surface area contributed by atoms with E-state index in [1.807, 2.05) is 0 Å². The minimum absolute atomic E-state index is 0.644. The zero-order valence-electron chi connectivity index (χ0n) is 14.8. The zero-order valence-corrected chi connectivity index (χ0v) is 14.8. The van der Waals surface area contributed by atoms with Gasteiger partial charge in [-0.05, 0) is 96.3 Å². The van der Waals surface area contributed by atoms with Crippen LogP contribution in [-0.2, 0) is 0 Å². The van der Waals surface area contributed by atoms with Crippen LogP contribution in [0.1, 0.15) is 66.2 Å². The molecular formula is C19H36N2. The highest BCUT2D eigenvalue weighted by atomic mass is 15.2. The Labute approximate surface area is 132 Å².